The van der Waals surface area contributed by atoms with E-state index in [1.54, 1.807) is 0 Å². The Kier molecular flexibility index (Phi) is 6.15. The van der Waals surface area contributed by atoms with Crippen LogP contribution in [0.15, 0.2) is 0 Å². The van der Waals surface area contributed by atoms with Gasteiger partial charge in [0, 0.05) is 12.6 Å². The first-order valence-electron chi connectivity index (χ1n) is 5.84. The highest BCUT2D eigenvalue weighted by molar-refractivity contribution is 4.71. The van der Waals surface area contributed by atoms with Gasteiger partial charge >= 0.3 is 0 Å². The van der Waals surface area contributed by atoms with E-state index in [0.29, 0.717) is 6.04 Å². The van der Waals surface area contributed by atoms with Gasteiger partial charge in [-0.15, -0.1) is 0 Å². The van der Waals surface area contributed by atoms with Gasteiger partial charge in [0.25, 0.3) is 0 Å². The highest BCUT2D eigenvalue weighted by Crippen LogP contribution is 1.99. The molecule has 3 heteroatoms. The third-order valence-electron chi connectivity index (χ3n) is 2.86. The van der Waals surface area contributed by atoms with E-state index < -0.39 is 0 Å². The fraction of sp³-hybridized carbons (Fsp3) is 1.00. The van der Waals surface area contributed by atoms with Crippen molar-refractivity contribution < 1.29 is 4.74 Å². The van der Waals surface area contributed by atoms with Crippen LogP contribution in [0, 0.1) is 5.92 Å². The molecule has 1 heterocycles. The standard InChI is InChI=1S/C11H24N2O/c1-3-10(2)8-12-5-4-11-9-14-7-6-13-11/h10-13H,3-9H2,1-2H3. The summed E-state index contributed by atoms with van der Waals surface area (Å²) < 4.78 is 5.39. The second-order valence-corrected chi connectivity index (χ2v) is 4.23. The average Bonchev–Trinajstić information content (AvgIpc) is 2.25. The molecule has 2 atom stereocenters. The molecule has 1 fully saturated rings. The Morgan fingerprint density at radius 3 is 3.07 bits per heavy atom. The lowest BCUT2D eigenvalue weighted by Crippen LogP contribution is -2.42. The van der Waals surface area contributed by atoms with Crippen LogP contribution < -0.4 is 10.6 Å². The molecule has 2 N–H and O–H groups in total. The van der Waals surface area contributed by atoms with Crippen molar-refractivity contribution in [2.75, 3.05) is 32.8 Å². The van der Waals surface area contributed by atoms with E-state index in [1.165, 1.54) is 12.8 Å². The minimum Gasteiger partial charge on any atom is -0.379 e. The minimum atomic E-state index is 0.563. The van der Waals surface area contributed by atoms with Crippen molar-refractivity contribution in [1.82, 2.24) is 10.6 Å². The summed E-state index contributed by atoms with van der Waals surface area (Å²) in [5, 5.41) is 6.94. The number of hydrogen-bond acceptors (Lipinski definition) is 3. The van der Waals surface area contributed by atoms with Crippen LogP contribution in [0.4, 0.5) is 0 Å². The Balaban J connectivity index is 1.92. The third kappa shape index (κ3) is 4.94. The molecule has 0 bridgehead atoms. The molecular weight excluding hydrogens is 176 g/mol. The highest BCUT2D eigenvalue weighted by atomic mass is 16.5. The molecule has 14 heavy (non-hydrogen) atoms. The number of morpholine rings is 1. The van der Waals surface area contributed by atoms with Gasteiger partial charge in [0.15, 0.2) is 0 Å². The Labute approximate surface area is 87.6 Å². The lowest BCUT2D eigenvalue weighted by molar-refractivity contribution is 0.0742. The molecule has 0 saturated carbocycles. The van der Waals surface area contributed by atoms with Crippen LogP contribution in [-0.4, -0.2) is 38.9 Å². The van der Waals surface area contributed by atoms with Crippen LogP contribution >= 0.6 is 0 Å². The van der Waals surface area contributed by atoms with Gasteiger partial charge in [-0.2, -0.15) is 0 Å². The van der Waals surface area contributed by atoms with Gasteiger partial charge in [-0.1, -0.05) is 20.3 Å². The summed E-state index contributed by atoms with van der Waals surface area (Å²) in [5.74, 6) is 0.797. The molecule has 0 aromatic heterocycles. The third-order valence-corrected chi connectivity index (χ3v) is 2.86. The van der Waals surface area contributed by atoms with E-state index in [0.717, 1.165) is 38.8 Å². The van der Waals surface area contributed by atoms with Crippen molar-refractivity contribution in [3.8, 4) is 0 Å². The summed E-state index contributed by atoms with van der Waals surface area (Å²) in [7, 11) is 0. The number of nitrogens with one attached hydrogen (secondary N) is 2. The van der Waals surface area contributed by atoms with Gasteiger partial charge < -0.3 is 15.4 Å². The first-order valence-corrected chi connectivity index (χ1v) is 5.84. The molecule has 3 nitrogen and oxygen atoms in total. The predicted molar refractivity (Wildman–Crippen MR) is 59.6 cm³/mol. The molecule has 84 valence electrons. The van der Waals surface area contributed by atoms with E-state index in [1.807, 2.05) is 0 Å². The van der Waals surface area contributed by atoms with Crippen molar-refractivity contribution >= 4 is 0 Å². The fourth-order valence-corrected chi connectivity index (χ4v) is 1.57. The molecule has 1 rings (SSSR count). The van der Waals surface area contributed by atoms with Gasteiger partial charge in [0.1, 0.15) is 0 Å². The fourth-order valence-electron chi connectivity index (χ4n) is 1.57. The summed E-state index contributed by atoms with van der Waals surface area (Å²) in [6.07, 6.45) is 2.44. The molecular formula is C11H24N2O. The van der Waals surface area contributed by atoms with Crippen LogP contribution in [0.3, 0.4) is 0 Å². The summed E-state index contributed by atoms with van der Waals surface area (Å²) >= 11 is 0. The molecule has 0 aromatic rings. The summed E-state index contributed by atoms with van der Waals surface area (Å²) in [6, 6.07) is 0.563. The molecule has 0 aliphatic carbocycles. The molecule has 2 unspecified atom stereocenters. The highest BCUT2D eigenvalue weighted by Gasteiger charge is 2.11. The second-order valence-electron chi connectivity index (χ2n) is 4.23. The number of ether oxygens (including phenoxy) is 1. The molecule has 1 aliphatic rings. The monoisotopic (exact) mass is 200 g/mol. The Hall–Kier alpha value is -0.120. The first-order chi connectivity index (χ1) is 6.83. The van der Waals surface area contributed by atoms with Crippen LogP contribution in [0.1, 0.15) is 26.7 Å². The van der Waals surface area contributed by atoms with Gasteiger partial charge in [0.05, 0.1) is 13.2 Å². The summed E-state index contributed by atoms with van der Waals surface area (Å²) in [5.41, 5.74) is 0. The smallest absolute Gasteiger partial charge is 0.0620 e. The topological polar surface area (TPSA) is 33.3 Å². The van der Waals surface area contributed by atoms with E-state index in [9.17, 15) is 0 Å². The normalized spacial score (nSPS) is 24.9. The molecule has 0 amide bonds. The molecule has 0 aromatic carbocycles. The maximum atomic E-state index is 5.39. The number of hydrogen-bond donors (Lipinski definition) is 2. The zero-order valence-electron chi connectivity index (χ0n) is 9.51. The predicted octanol–water partition coefficient (Wildman–Crippen LogP) is 1.00. The van der Waals surface area contributed by atoms with Gasteiger partial charge in [-0.3, -0.25) is 0 Å². The maximum Gasteiger partial charge on any atom is 0.0620 e. The largest absolute Gasteiger partial charge is 0.379 e. The van der Waals surface area contributed by atoms with Crippen LogP contribution in [0.25, 0.3) is 0 Å². The Bertz CT molecular complexity index is 135. The van der Waals surface area contributed by atoms with Crippen molar-refractivity contribution in [2.24, 2.45) is 5.92 Å². The SMILES string of the molecule is CCC(C)CNCCC1COCCN1. The van der Waals surface area contributed by atoms with E-state index in [-0.39, 0.29) is 0 Å². The lowest BCUT2D eigenvalue weighted by atomic mass is 10.1. The van der Waals surface area contributed by atoms with Crippen molar-refractivity contribution in [3.63, 3.8) is 0 Å². The second kappa shape index (κ2) is 7.21. The number of rotatable bonds is 6. The van der Waals surface area contributed by atoms with Crippen molar-refractivity contribution in [3.05, 3.63) is 0 Å². The van der Waals surface area contributed by atoms with Gasteiger partial charge in [-0.25, -0.2) is 0 Å². The van der Waals surface area contributed by atoms with E-state index >= 15 is 0 Å². The van der Waals surface area contributed by atoms with Crippen LogP contribution in [-0.2, 0) is 4.74 Å². The first kappa shape index (κ1) is 12.0. The van der Waals surface area contributed by atoms with Gasteiger partial charge in [-0.05, 0) is 25.4 Å². The zero-order chi connectivity index (χ0) is 10.2. The van der Waals surface area contributed by atoms with Gasteiger partial charge in [0.2, 0.25) is 0 Å². The summed E-state index contributed by atoms with van der Waals surface area (Å²) in [4.78, 5) is 0. The van der Waals surface area contributed by atoms with Crippen molar-refractivity contribution in [2.45, 2.75) is 32.7 Å². The zero-order valence-corrected chi connectivity index (χ0v) is 9.51. The quantitative estimate of drug-likeness (QED) is 0.628. The summed E-state index contributed by atoms with van der Waals surface area (Å²) in [6.45, 7) is 9.53. The van der Waals surface area contributed by atoms with Crippen LogP contribution in [0.5, 0.6) is 0 Å². The lowest BCUT2D eigenvalue weighted by Gasteiger charge is -2.24. The Morgan fingerprint density at radius 2 is 2.43 bits per heavy atom. The molecule has 1 aliphatic heterocycles. The van der Waals surface area contributed by atoms with Crippen LogP contribution in [0.2, 0.25) is 0 Å². The molecule has 0 spiro atoms. The minimum absolute atomic E-state index is 0.563. The molecule has 1 saturated heterocycles. The molecule has 0 radical (unpaired) electrons. The van der Waals surface area contributed by atoms with E-state index in [2.05, 4.69) is 24.5 Å². The van der Waals surface area contributed by atoms with E-state index in [4.69, 9.17) is 4.74 Å². The average molecular weight is 200 g/mol. The van der Waals surface area contributed by atoms with Crippen molar-refractivity contribution in [1.29, 1.82) is 0 Å². The Morgan fingerprint density at radius 1 is 1.57 bits per heavy atom. The maximum absolute atomic E-state index is 5.39.